The first-order valence-electron chi connectivity index (χ1n) is 4.86. The highest BCUT2D eigenvalue weighted by Gasteiger charge is 1.81. The summed E-state index contributed by atoms with van der Waals surface area (Å²) in [5, 5.41) is 0. The van der Waals surface area contributed by atoms with Gasteiger partial charge in [-0.05, 0) is 25.7 Å². The van der Waals surface area contributed by atoms with Crippen molar-refractivity contribution in [1.29, 1.82) is 0 Å². The van der Waals surface area contributed by atoms with Gasteiger partial charge in [-0.1, -0.05) is 45.3 Å². The summed E-state index contributed by atoms with van der Waals surface area (Å²) >= 11 is 0. The molecule has 0 aromatic heterocycles. The van der Waals surface area contributed by atoms with E-state index >= 15 is 0 Å². The summed E-state index contributed by atoms with van der Waals surface area (Å²) in [6.07, 6.45) is 13.5. The van der Waals surface area contributed by atoms with Crippen molar-refractivity contribution in [2.24, 2.45) is 0 Å². The van der Waals surface area contributed by atoms with Crippen LogP contribution in [0.2, 0.25) is 0 Å². The first kappa shape index (κ1) is 10.7. The largest absolute Gasteiger partial charge is 0.0885 e. The average Bonchev–Trinajstić information content (AvgIpc) is 2.03. The van der Waals surface area contributed by atoms with Gasteiger partial charge in [-0.15, -0.1) is 0 Å². The fourth-order valence-corrected chi connectivity index (χ4v) is 1.01. The van der Waals surface area contributed by atoms with Gasteiger partial charge in [-0.2, -0.15) is 0 Å². The first-order chi connectivity index (χ1) is 5.41. The second kappa shape index (κ2) is 9.74. The Morgan fingerprint density at radius 3 is 2.18 bits per heavy atom. The molecule has 0 unspecified atom stereocenters. The summed E-state index contributed by atoms with van der Waals surface area (Å²) < 4.78 is 0. The molecule has 0 aromatic carbocycles. The molecule has 0 spiro atoms. The molecule has 1 radical (unpaired) electrons. The Morgan fingerprint density at radius 2 is 1.64 bits per heavy atom. The van der Waals surface area contributed by atoms with Crippen LogP contribution in [0.5, 0.6) is 0 Å². The lowest BCUT2D eigenvalue weighted by atomic mass is 10.2. The summed E-state index contributed by atoms with van der Waals surface area (Å²) in [6, 6.07) is 0. The average molecular weight is 153 g/mol. The van der Waals surface area contributed by atoms with Gasteiger partial charge in [0.2, 0.25) is 0 Å². The van der Waals surface area contributed by atoms with E-state index in [0.717, 1.165) is 6.42 Å². The Hall–Kier alpha value is -0.260. The van der Waals surface area contributed by atoms with Crippen LogP contribution in [0.1, 0.15) is 51.9 Å². The number of hydrogen-bond acceptors (Lipinski definition) is 0. The van der Waals surface area contributed by atoms with Crippen molar-refractivity contribution in [1.82, 2.24) is 0 Å². The van der Waals surface area contributed by atoms with Crippen molar-refractivity contribution in [2.75, 3.05) is 0 Å². The molecule has 0 rings (SSSR count). The second-order valence-corrected chi connectivity index (χ2v) is 2.96. The number of hydrogen-bond donors (Lipinski definition) is 0. The van der Waals surface area contributed by atoms with Crippen LogP contribution in [0.3, 0.4) is 0 Å². The minimum Gasteiger partial charge on any atom is -0.0885 e. The van der Waals surface area contributed by atoms with Gasteiger partial charge < -0.3 is 0 Å². The van der Waals surface area contributed by atoms with Crippen LogP contribution >= 0.6 is 0 Å². The van der Waals surface area contributed by atoms with Crippen LogP contribution in [0.15, 0.2) is 12.2 Å². The highest BCUT2D eigenvalue weighted by Crippen LogP contribution is 2.01. The fourth-order valence-electron chi connectivity index (χ4n) is 1.01. The van der Waals surface area contributed by atoms with Crippen LogP contribution in [-0.2, 0) is 0 Å². The van der Waals surface area contributed by atoms with Gasteiger partial charge in [0.05, 0.1) is 0 Å². The molecule has 0 heterocycles. The normalized spacial score (nSPS) is 11.1. The predicted octanol–water partition coefficient (Wildman–Crippen LogP) is 4.13. The van der Waals surface area contributed by atoms with Crippen LogP contribution < -0.4 is 0 Å². The summed E-state index contributed by atoms with van der Waals surface area (Å²) in [5.41, 5.74) is 0. The lowest BCUT2D eigenvalue weighted by molar-refractivity contribution is 0.727. The monoisotopic (exact) mass is 153 g/mol. The maximum absolute atomic E-state index is 3.80. The van der Waals surface area contributed by atoms with E-state index in [1.54, 1.807) is 0 Å². The highest BCUT2D eigenvalue weighted by atomic mass is 13.9. The molecular formula is C11H21. The molecule has 0 aliphatic heterocycles. The van der Waals surface area contributed by atoms with E-state index < -0.39 is 0 Å². The van der Waals surface area contributed by atoms with Gasteiger partial charge in [0.15, 0.2) is 0 Å². The lowest BCUT2D eigenvalue weighted by Gasteiger charge is -1.91. The Bertz CT molecular complexity index is 82.0. The molecule has 0 bridgehead atoms. The van der Waals surface area contributed by atoms with Crippen molar-refractivity contribution >= 4 is 0 Å². The Balaban J connectivity index is 2.91. The van der Waals surface area contributed by atoms with Crippen molar-refractivity contribution in [3.63, 3.8) is 0 Å². The van der Waals surface area contributed by atoms with E-state index in [2.05, 4.69) is 26.0 Å². The molecule has 0 atom stereocenters. The van der Waals surface area contributed by atoms with E-state index in [9.17, 15) is 0 Å². The Kier molecular flexibility index (Phi) is 9.51. The molecule has 0 amide bonds. The first-order valence-corrected chi connectivity index (χ1v) is 4.86. The molecule has 0 nitrogen and oxygen atoms in total. The fraction of sp³-hybridized carbons (Fsp3) is 0.727. The smallest absolute Gasteiger partial charge is 0.0351 e. The van der Waals surface area contributed by atoms with Crippen molar-refractivity contribution in [3.8, 4) is 0 Å². The molecule has 0 N–H and O–H groups in total. The molecule has 0 aromatic rings. The molecular weight excluding hydrogens is 132 g/mol. The van der Waals surface area contributed by atoms with Crippen molar-refractivity contribution in [2.45, 2.75) is 51.9 Å². The van der Waals surface area contributed by atoms with Crippen molar-refractivity contribution in [3.05, 3.63) is 19.1 Å². The standard InChI is InChI=1S/C11H21/c1-3-5-7-9-11-10-8-6-4-2/h9,11H,1,3-8,10H2,2H3. The van der Waals surface area contributed by atoms with Gasteiger partial charge in [-0.25, -0.2) is 0 Å². The number of unbranched alkanes of at least 4 members (excludes halogenated alkanes) is 5. The van der Waals surface area contributed by atoms with Gasteiger partial charge in [0, 0.05) is 0 Å². The van der Waals surface area contributed by atoms with E-state index in [4.69, 9.17) is 0 Å². The Morgan fingerprint density at radius 1 is 1.00 bits per heavy atom. The number of rotatable bonds is 7. The van der Waals surface area contributed by atoms with Gasteiger partial charge in [0.25, 0.3) is 0 Å². The highest BCUT2D eigenvalue weighted by molar-refractivity contribution is 4.81. The van der Waals surface area contributed by atoms with Crippen LogP contribution in [-0.4, -0.2) is 0 Å². The van der Waals surface area contributed by atoms with Gasteiger partial charge in [0.1, 0.15) is 0 Å². The predicted molar refractivity (Wildman–Crippen MR) is 52.5 cm³/mol. The van der Waals surface area contributed by atoms with E-state index in [-0.39, 0.29) is 0 Å². The summed E-state index contributed by atoms with van der Waals surface area (Å²) in [6.45, 7) is 6.04. The summed E-state index contributed by atoms with van der Waals surface area (Å²) in [7, 11) is 0. The van der Waals surface area contributed by atoms with Crippen LogP contribution in [0.4, 0.5) is 0 Å². The van der Waals surface area contributed by atoms with E-state index in [1.807, 2.05) is 0 Å². The quantitative estimate of drug-likeness (QED) is 0.381. The maximum Gasteiger partial charge on any atom is -0.0351 e. The SMILES string of the molecule is [CH2]CCCC=CCCCCC. The van der Waals surface area contributed by atoms with Crippen LogP contribution in [0, 0.1) is 6.92 Å². The minimum atomic E-state index is 1.07. The zero-order chi connectivity index (χ0) is 8.36. The third kappa shape index (κ3) is 9.74. The number of allylic oxidation sites excluding steroid dienone is 2. The molecule has 0 heteroatoms. The molecule has 0 aliphatic carbocycles. The molecule has 0 saturated heterocycles. The lowest BCUT2D eigenvalue weighted by Crippen LogP contribution is -1.71. The van der Waals surface area contributed by atoms with Crippen LogP contribution in [0.25, 0.3) is 0 Å². The zero-order valence-electron chi connectivity index (χ0n) is 7.81. The molecule has 0 aliphatic rings. The third-order valence-electron chi connectivity index (χ3n) is 1.76. The third-order valence-corrected chi connectivity index (χ3v) is 1.76. The van der Waals surface area contributed by atoms with E-state index in [1.165, 1.54) is 38.5 Å². The topological polar surface area (TPSA) is 0 Å². The maximum atomic E-state index is 3.80. The molecule has 65 valence electrons. The van der Waals surface area contributed by atoms with Gasteiger partial charge >= 0.3 is 0 Å². The van der Waals surface area contributed by atoms with E-state index in [0.29, 0.717) is 0 Å². The molecule has 11 heavy (non-hydrogen) atoms. The summed E-state index contributed by atoms with van der Waals surface area (Å²) in [5.74, 6) is 0. The second-order valence-electron chi connectivity index (χ2n) is 2.96. The molecule has 0 fully saturated rings. The van der Waals surface area contributed by atoms with Crippen molar-refractivity contribution < 1.29 is 0 Å². The molecule has 0 saturated carbocycles. The Labute approximate surface area is 71.7 Å². The zero-order valence-corrected chi connectivity index (χ0v) is 7.81. The minimum absolute atomic E-state index is 1.07. The summed E-state index contributed by atoms with van der Waals surface area (Å²) in [4.78, 5) is 0. The van der Waals surface area contributed by atoms with Gasteiger partial charge in [-0.3, -0.25) is 0 Å².